The van der Waals surface area contributed by atoms with Crippen molar-refractivity contribution in [2.75, 3.05) is 29.6 Å². The van der Waals surface area contributed by atoms with Crippen molar-refractivity contribution >= 4 is 25.8 Å². The van der Waals surface area contributed by atoms with Crippen LogP contribution in [-0.2, 0) is 4.74 Å². The molecule has 0 aliphatic heterocycles. The maximum atomic E-state index is 6.56. The summed E-state index contributed by atoms with van der Waals surface area (Å²) in [5, 5.41) is 0. The molecule has 0 spiro atoms. The van der Waals surface area contributed by atoms with Crippen molar-refractivity contribution in [2.45, 2.75) is 131 Å². The monoisotopic (exact) mass is 448 g/mol. The summed E-state index contributed by atoms with van der Waals surface area (Å²) in [6.45, 7) is 12.5. The second-order valence-electron chi connectivity index (χ2n) is 9.27. The van der Waals surface area contributed by atoms with Gasteiger partial charge in [0.2, 0.25) is 0 Å². The lowest BCUT2D eigenvalue weighted by Gasteiger charge is -2.52. The van der Waals surface area contributed by atoms with Crippen LogP contribution in [0.1, 0.15) is 131 Å². The first-order valence-electron chi connectivity index (χ1n) is 13.1. The number of rotatable bonds is 20. The number of hydrogen-bond acceptors (Lipinski definition) is 1. The number of unbranched alkanes of at least 4 members (excludes halogenated alkanes) is 10. The summed E-state index contributed by atoms with van der Waals surface area (Å²) in [5.41, 5.74) is 0. The Bertz CT molecular complexity index is 380. The van der Waals surface area contributed by atoms with Gasteiger partial charge in [-0.05, 0) is 55.1 Å². The molecule has 3 heteroatoms. The first-order chi connectivity index (χ1) is 14.0. The van der Waals surface area contributed by atoms with Gasteiger partial charge in [0.1, 0.15) is 4.38 Å². The summed E-state index contributed by atoms with van der Waals surface area (Å²) in [6.07, 6.45) is 19.8. The van der Waals surface area contributed by atoms with Crippen LogP contribution >= 0.6 is 21.4 Å². The van der Waals surface area contributed by atoms with Gasteiger partial charge in [0.15, 0.2) is 0 Å². The fourth-order valence-electron chi connectivity index (χ4n) is 4.56. The van der Waals surface area contributed by atoms with Crippen LogP contribution < -0.4 is 0 Å². The summed E-state index contributed by atoms with van der Waals surface area (Å²) in [4.78, 5) is 0. The maximum Gasteiger partial charge on any atom is 0.116 e. The molecular weight excluding hydrogens is 392 g/mol. The fourth-order valence-corrected chi connectivity index (χ4v) is 11.9. The predicted octanol–water partition coefficient (Wildman–Crippen LogP) is 9.31. The molecule has 0 aliphatic carbocycles. The van der Waals surface area contributed by atoms with Crippen LogP contribution in [0.15, 0.2) is 0 Å². The molecule has 0 radical (unpaired) electrons. The van der Waals surface area contributed by atoms with E-state index >= 15 is 0 Å². The van der Waals surface area contributed by atoms with E-state index in [0.717, 1.165) is 6.61 Å². The lowest BCUT2D eigenvalue weighted by molar-refractivity contribution is 0.309. The van der Waals surface area contributed by atoms with Gasteiger partial charge in [-0.15, -0.1) is 12.6 Å². The summed E-state index contributed by atoms with van der Waals surface area (Å²) >= 11 is 5.25. The van der Waals surface area contributed by atoms with E-state index in [1.54, 1.807) is 0 Å². The van der Waals surface area contributed by atoms with Crippen LogP contribution in [0.2, 0.25) is 0 Å². The first kappa shape index (κ1) is 29.5. The lowest BCUT2D eigenvalue weighted by atomic mass is 10.3. The quantitative estimate of drug-likeness (QED) is 0.111. The first-order valence-corrected chi connectivity index (χ1v) is 16.3. The highest BCUT2D eigenvalue weighted by atomic mass is 32.3. The maximum absolute atomic E-state index is 6.56. The molecule has 0 aromatic heterocycles. The highest BCUT2D eigenvalue weighted by Gasteiger charge is 2.36. The minimum atomic E-state index is -1.78. The van der Waals surface area contributed by atoms with Crippen molar-refractivity contribution < 1.29 is 4.74 Å². The molecule has 0 atom stereocenters. The average Bonchev–Trinajstić information content (AvgIpc) is 2.72. The Balaban J connectivity index is 6.02. The standard InChI is InChI=1S/C26H56OS2/c1-6-11-16-21-27-26(28)29(22-17-12-7-2,23-18-13-8-3,24-19-14-9-4)25-20-15-10-5/h28H,6-25H2,1-5H3. The molecular formula is C26H56OS2. The third-order valence-electron chi connectivity index (χ3n) is 6.60. The van der Waals surface area contributed by atoms with Crippen LogP contribution in [0.4, 0.5) is 0 Å². The van der Waals surface area contributed by atoms with Gasteiger partial charge in [0, 0.05) is 0 Å². The molecule has 178 valence electrons. The third kappa shape index (κ3) is 11.1. The zero-order valence-corrected chi connectivity index (χ0v) is 22.6. The van der Waals surface area contributed by atoms with Crippen molar-refractivity contribution in [1.82, 2.24) is 0 Å². The minimum Gasteiger partial charge on any atom is -0.336 e. The molecule has 1 nitrogen and oxygen atoms in total. The Morgan fingerprint density at radius 3 is 1.14 bits per heavy atom. The van der Waals surface area contributed by atoms with Gasteiger partial charge in [-0.1, -0.05) is 98.8 Å². The van der Waals surface area contributed by atoms with E-state index in [1.807, 2.05) is 0 Å². The number of ether oxygens (including phenoxy) is 1. The van der Waals surface area contributed by atoms with Gasteiger partial charge in [-0.3, -0.25) is 0 Å². The van der Waals surface area contributed by atoms with Crippen molar-refractivity contribution in [3.63, 3.8) is 0 Å². The van der Waals surface area contributed by atoms with Gasteiger partial charge in [0.05, 0.1) is 6.61 Å². The van der Waals surface area contributed by atoms with Gasteiger partial charge in [0.25, 0.3) is 0 Å². The second-order valence-corrected chi connectivity index (χ2v) is 15.6. The Kier molecular flexibility index (Phi) is 18.5. The zero-order chi connectivity index (χ0) is 21.9. The Hall–Kier alpha value is 0.530. The molecule has 0 rings (SSSR count). The Labute approximate surface area is 190 Å². The fraction of sp³-hybridized carbons (Fsp3) is 0.962. The molecule has 0 aromatic rings. The van der Waals surface area contributed by atoms with Crippen molar-refractivity contribution in [3.8, 4) is 0 Å². The molecule has 0 aliphatic rings. The van der Waals surface area contributed by atoms with Crippen LogP contribution in [0.3, 0.4) is 0 Å². The highest BCUT2D eigenvalue weighted by molar-refractivity contribution is 8.52. The van der Waals surface area contributed by atoms with E-state index in [4.69, 9.17) is 17.4 Å². The molecule has 0 amide bonds. The van der Waals surface area contributed by atoms with Gasteiger partial charge in [-0.2, -0.15) is 0 Å². The summed E-state index contributed by atoms with van der Waals surface area (Å²) in [7, 11) is -1.78. The summed E-state index contributed by atoms with van der Waals surface area (Å²) < 4.78 is 7.78. The predicted molar refractivity (Wildman–Crippen MR) is 145 cm³/mol. The van der Waals surface area contributed by atoms with E-state index in [2.05, 4.69) is 34.6 Å². The molecule has 0 unspecified atom stereocenters. The molecule has 0 aromatic carbocycles. The third-order valence-corrected chi connectivity index (χ3v) is 14.8. The molecule has 0 N–H and O–H groups in total. The van der Waals surface area contributed by atoms with Crippen molar-refractivity contribution in [3.05, 3.63) is 0 Å². The van der Waals surface area contributed by atoms with Gasteiger partial charge >= 0.3 is 0 Å². The van der Waals surface area contributed by atoms with E-state index in [0.29, 0.717) is 0 Å². The highest BCUT2D eigenvalue weighted by Crippen LogP contribution is 2.63. The molecule has 0 saturated carbocycles. The number of hydrogen-bond donors (Lipinski definition) is 1. The van der Waals surface area contributed by atoms with Crippen molar-refractivity contribution in [1.29, 1.82) is 0 Å². The number of thiol groups is 1. The smallest absolute Gasteiger partial charge is 0.116 e. The molecule has 0 bridgehead atoms. The van der Waals surface area contributed by atoms with E-state index in [1.165, 1.54) is 124 Å². The molecule has 0 saturated heterocycles. The largest absolute Gasteiger partial charge is 0.336 e. The lowest BCUT2D eigenvalue weighted by Crippen LogP contribution is -2.31. The topological polar surface area (TPSA) is 9.23 Å². The van der Waals surface area contributed by atoms with Crippen LogP contribution in [0.5, 0.6) is 0 Å². The molecule has 0 heterocycles. The minimum absolute atomic E-state index is 0.877. The summed E-state index contributed by atoms with van der Waals surface area (Å²) in [6, 6.07) is 0. The van der Waals surface area contributed by atoms with Crippen LogP contribution in [-0.4, -0.2) is 34.0 Å². The Morgan fingerprint density at radius 1 is 0.517 bits per heavy atom. The van der Waals surface area contributed by atoms with E-state index in [9.17, 15) is 0 Å². The zero-order valence-electron chi connectivity index (χ0n) is 20.9. The van der Waals surface area contributed by atoms with E-state index in [-0.39, 0.29) is 0 Å². The summed E-state index contributed by atoms with van der Waals surface area (Å²) in [5.74, 6) is 5.53. The van der Waals surface area contributed by atoms with Crippen LogP contribution in [0.25, 0.3) is 0 Å². The van der Waals surface area contributed by atoms with E-state index < -0.39 is 8.75 Å². The van der Waals surface area contributed by atoms with Gasteiger partial charge in [-0.25, -0.2) is 8.75 Å². The SMILES string of the molecule is CCCCCOC(S)=S(CCCCC)(CCCCC)(CCCCC)CCCCC. The average molecular weight is 449 g/mol. The second kappa shape index (κ2) is 18.1. The van der Waals surface area contributed by atoms with Crippen LogP contribution in [0, 0.1) is 0 Å². The van der Waals surface area contributed by atoms with Crippen molar-refractivity contribution in [2.24, 2.45) is 0 Å². The molecule has 0 fully saturated rings. The van der Waals surface area contributed by atoms with Gasteiger partial charge < -0.3 is 4.74 Å². The normalized spacial score (nSPS) is 13.4. The molecule has 29 heavy (non-hydrogen) atoms. The Morgan fingerprint density at radius 2 is 0.828 bits per heavy atom.